The van der Waals surface area contributed by atoms with Crippen LogP contribution in [-0.2, 0) is 11.8 Å². The van der Waals surface area contributed by atoms with Crippen molar-refractivity contribution in [3.8, 4) is 0 Å². The average molecular weight is 314 g/mol. The zero-order chi connectivity index (χ0) is 16.0. The molecule has 1 amide bonds. The van der Waals surface area contributed by atoms with E-state index in [0.29, 0.717) is 6.54 Å². The first-order valence-corrected chi connectivity index (χ1v) is 8.47. The van der Waals surface area contributed by atoms with Gasteiger partial charge in [-0.1, -0.05) is 12.8 Å². The number of aromatic nitrogens is 3. The van der Waals surface area contributed by atoms with Crippen molar-refractivity contribution in [1.82, 2.24) is 19.0 Å². The van der Waals surface area contributed by atoms with Crippen LogP contribution in [0.15, 0.2) is 23.1 Å². The molecule has 6 nitrogen and oxygen atoms in total. The Bertz CT molecular complexity index is 801. The Balaban J connectivity index is 1.62. The van der Waals surface area contributed by atoms with Crippen LogP contribution in [0.3, 0.4) is 0 Å². The highest BCUT2D eigenvalue weighted by Gasteiger charge is 2.34. The molecule has 1 aliphatic heterocycles. The molecule has 122 valence electrons. The molecule has 23 heavy (non-hydrogen) atoms. The smallest absolute Gasteiger partial charge is 0.330 e. The predicted molar refractivity (Wildman–Crippen MR) is 87.2 cm³/mol. The Labute approximate surface area is 134 Å². The number of fused-ring (bicyclic) bond motifs is 1. The van der Waals surface area contributed by atoms with Gasteiger partial charge in [-0.2, -0.15) is 0 Å². The van der Waals surface area contributed by atoms with Crippen molar-refractivity contribution in [2.24, 2.45) is 13.0 Å². The SMILES string of the molecule is Cn1c(=O)n([C@@H]2CCN(C(=O)C3CCCC3)C2)c2ncccc21. The molecule has 1 atom stereocenters. The van der Waals surface area contributed by atoms with Gasteiger partial charge in [-0.25, -0.2) is 9.78 Å². The van der Waals surface area contributed by atoms with Gasteiger partial charge >= 0.3 is 5.69 Å². The first-order chi connectivity index (χ1) is 11.2. The minimum absolute atomic E-state index is 0.0338. The van der Waals surface area contributed by atoms with Gasteiger partial charge in [0.25, 0.3) is 0 Å². The molecule has 4 rings (SSSR count). The molecule has 1 saturated carbocycles. The number of pyridine rings is 1. The van der Waals surface area contributed by atoms with E-state index in [4.69, 9.17) is 0 Å². The fourth-order valence-corrected chi connectivity index (χ4v) is 4.10. The summed E-state index contributed by atoms with van der Waals surface area (Å²) in [6.07, 6.45) is 6.93. The lowest BCUT2D eigenvalue weighted by molar-refractivity contribution is -0.134. The molecule has 2 aliphatic rings. The summed E-state index contributed by atoms with van der Waals surface area (Å²) in [4.78, 5) is 31.5. The maximum absolute atomic E-state index is 12.6. The van der Waals surface area contributed by atoms with Gasteiger partial charge in [-0.3, -0.25) is 13.9 Å². The molecule has 2 fully saturated rings. The number of rotatable bonds is 2. The second-order valence-corrected chi connectivity index (χ2v) is 6.77. The topological polar surface area (TPSA) is 60.1 Å². The van der Waals surface area contributed by atoms with Crippen molar-refractivity contribution >= 4 is 17.1 Å². The van der Waals surface area contributed by atoms with Crippen molar-refractivity contribution in [3.63, 3.8) is 0 Å². The molecule has 1 saturated heterocycles. The van der Waals surface area contributed by atoms with Crippen molar-refractivity contribution in [2.75, 3.05) is 13.1 Å². The number of imidazole rings is 1. The van der Waals surface area contributed by atoms with Crippen molar-refractivity contribution < 1.29 is 4.79 Å². The summed E-state index contributed by atoms with van der Waals surface area (Å²) < 4.78 is 3.42. The number of nitrogens with zero attached hydrogens (tertiary/aromatic N) is 4. The van der Waals surface area contributed by atoms with E-state index in [9.17, 15) is 9.59 Å². The Hall–Kier alpha value is -2.11. The first kappa shape index (κ1) is 14.5. The maximum atomic E-state index is 12.6. The van der Waals surface area contributed by atoms with E-state index < -0.39 is 0 Å². The third-order valence-electron chi connectivity index (χ3n) is 5.39. The summed E-state index contributed by atoms with van der Waals surface area (Å²) in [7, 11) is 1.78. The largest absolute Gasteiger partial charge is 0.340 e. The van der Waals surface area contributed by atoms with Crippen LogP contribution in [0, 0.1) is 5.92 Å². The van der Waals surface area contributed by atoms with Crippen LogP contribution in [0.25, 0.3) is 11.2 Å². The monoisotopic (exact) mass is 314 g/mol. The predicted octanol–water partition coefficient (Wildman–Crippen LogP) is 1.70. The normalized spacial score (nSPS) is 22.3. The van der Waals surface area contributed by atoms with Gasteiger partial charge < -0.3 is 4.90 Å². The van der Waals surface area contributed by atoms with Crippen LogP contribution in [0.1, 0.15) is 38.1 Å². The third kappa shape index (κ3) is 2.28. The van der Waals surface area contributed by atoms with Gasteiger partial charge in [0.1, 0.15) is 0 Å². The molecule has 2 aromatic rings. The number of carbonyl (C=O) groups excluding carboxylic acids is 1. The van der Waals surface area contributed by atoms with Crippen LogP contribution >= 0.6 is 0 Å². The second-order valence-electron chi connectivity index (χ2n) is 6.77. The molecular formula is C17H22N4O2. The van der Waals surface area contributed by atoms with Gasteiger partial charge in [-0.15, -0.1) is 0 Å². The highest BCUT2D eigenvalue weighted by Crippen LogP contribution is 2.30. The van der Waals surface area contributed by atoms with Gasteiger partial charge in [0, 0.05) is 32.3 Å². The molecule has 0 radical (unpaired) electrons. The zero-order valence-corrected chi connectivity index (χ0v) is 13.4. The van der Waals surface area contributed by atoms with E-state index in [-0.39, 0.29) is 23.6 Å². The fraction of sp³-hybridized carbons (Fsp3) is 0.588. The van der Waals surface area contributed by atoms with Crippen LogP contribution in [0.5, 0.6) is 0 Å². The lowest BCUT2D eigenvalue weighted by Crippen LogP contribution is -2.35. The van der Waals surface area contributed by atoms with Crippen molar-refractivity contribution in [2.45, 2.75) is 38.1 Å². The summed E-state index contributed by atoms with van der Waals surface area (Å²) in [5, 5.41) is 0. The summed E-state index contributed by atoms with van der Waals surface area (Å²) in [6, 6.07) is 3.79. The Kier molecular flexibility index (Phi) is 3.47. The number of carbonyl (C=O) groups is 1. The van der Waals surface area contributed by atoms with Gasteiger partial charge in [0.15, 0.2) is 5.65 Å². The number of hydrogen-bond donors (Lipinski definition) is 0. The molecule has 1 aliphatic carbocycles. The van der Waals surface area contributed by atoms with E-state index in [1.165, 1.54) is 12.8 Å². The number of aryl methyl sites for hydroxylation is 1. The highest BCUT2D eigenvalue weighted by atomic mass is 16.2. The van der Waals surface area contributed by atoms with Crippen LogP contribution < -0.4 is 5.69 Å². The van der Waals surface area contributed by atoms with E-state index in [2.05, 4.69) is 4.98 Å². The molecule has 0 aromatic carbocycles. The maximum Gasteiger partial charge on any atom is 0.330 e. The molecule has 6 heteroatoms. The Morgan fingerprint density at radius 1 is 1.26 bits per heavy atom. The molecule has 0 N–H and O–H groups in total. The van der Waals surface area contributed by atoms with Crippen LogP contribution in [0.2, 0.25) is 0 Å². The number of likely N-dealkylation sites (tertiary alicyclic amines) is 1. The van der Waals surface area contributed by atoms with E-state index in [1.807, 2.05) is 17.0 Å². The van der Waals surface area contributed by atoms with E-state index in [1.54, 1.807) is 22.4 Å². The van der Waals surface area contributed by atoms with E-state index in [0.717, 1.165) is 37.0 Å². The molecule has 0 bridgehead atoms. The number of hydrogen-bond acceptors (Lipinski definition) is 3. The summed E-state index contributed by atoms with van der Waals surface area (Å²) in [5.41, 5.74) is 1.53. The van der Waals surface area contributed by atoms with Crippen molar-refractivity contribution in [1.29, 1.82) is 0 Å². The van der Waals surface area contributed by atoms with Gasteiger partial charge in [0.05, 0.1) is 11.6 Å². The Morgan fingerprint density at radius 2 is 2.04 bits per heavy atom. The van der Waals surface area contributed by atoms with E-state index >= 15 is 0 Å². The quantitative estimate of drug-likeness (QED) is 0.847. The lowest BCUT2D eigenvalue weighted by atomic mass is 10.1. The van der Waals surface area contributed by atoms with Gasteiger partial charge in [-0.05, 0) is 31.4 Å². The minimum Gasteiger partial charge on any atom is -0.340 e. The molecule has 3 heterocycles. The van der Waals surface area contributed by atoms with Crippen LogP contribution in [-0.4, -0.2) is 38.0 Å². The second kappa shape index (κ2) is 5.51. The minimum atomic E-state index is -0.0427. The zero-order valence-electron chi connectivity index (χ0n) is 13.4. The van der Waals surface area contributed by atoms with Crippen molar-refractivity contribution in [3.05, 3.63) is 28.8 Å². The summed E-state index contributed by atoms with van der Waals surface area (Å²) >= 11 is 0. The lowest BCUT2D eigenvalue weighted by Gasteiger charge is -2.20. The molecule has 2 aromatic heterocycles. The highest BCUT2D eigenvalue weighted by molar-refractivity contribution is 5.79. The standard InChI is InChI=1S/C17H22N4O2/c1-19-14-7-4-9-18-15(14)21(17(19)23)13-8-10-20(11-13)16(22)12-5-2-3-6-12/h4,7,9,12-13H,2-3,5-6,8,10-11H2,1H3/t13-/m1/s1. The molecular weight excluding hydrogens is 292 g/mol. The number of amides is 1. The third-order valence-corrected chi connectivity index (χ3v) is 5.39. The summed E-state index contributed by atoms with van der Waals surface area (Å²) in [6.45, 7) is 1.38. The first-order valence-electron chi connectivity index (χ1n) is 8.47. The Morgan fingerprint density at radius 3 is 2.83 bits per heavy atom. The van der Waals surface area contributed by atoms with Crippen LogP contribution in [0.4, 0.5) is 0 Å². The summed E-state index contributed by atoms with van der Waals surface area (Å²) in [5.74, 6) is 0.488. The fourth-order valence-electron chi connectivity index (χ4n) is 4.10. The molecule has 0 unspecified atom stereocenters. The van der Waals surface area contributed by atoms with Gasteiger partial charge in [0.2, 0.25) is 5.91 Å². The molecule has 0 spiro atoms. The average Bonchev–Trinajstić information content (AvgIpc) is 3.29.